The molecule has 2 rings (SSSR count). The molecule has 0 atom stereocenters. The van der Waals surface area contributed by atoms with E-state index in [0.717, 1.165) is 0 Å². The van der Waals surface area contributed by atoms with Gasteiger partial charge in [0.25, 0.3) is 5.91 Å². The summed E-state index contributed by atoms with van der Waals surface area (Å²) < 4.78 is 5.04. The van der Waals surface area contributed by atoms with Gasteiger partial charge in [-0.05, 0) is 25.1 Å². The number of benzene rings is 1. The van der Waals surface area contributed by atoms with Crippen molar-refractivity contribution in [2.45, 2.75) is 13.3 Å². The predicted molar refractivity (Wildman–Crippen MR) is 80.1 cm³/mol. The SMILES string of the molecule is Cc1noc(CCNc2cc(N)ccc2C(=O)N(C)C)n1. The van der Waals surface area contributed by atoms with Crippen LogP contribution in [0.3, 0.4) is 0 Å². The van der Waals surface area contributed by atoms with E-state index in [-0.39, 0.29) is 5.91 Å². The molecule has 1 heterocycles. The summed E-state index contributed by atoms with van der Waals surface area (Å²) in [5, 5.41) is 6.92. The van der Waals surface area contributed by atoms with E-state index >= 15 is 0 Å². The van der Waals surface area contributed by atoms with Crippen molar-refractivity contribution in [1.29, 1.82) is 0 Å². The predicted octanol–water partition coefficient (Wildman–Crippen LogP) is 1.32. The van der Waals surface area contributed by atoms with Gasteiger partial charge in [0.1, 0.15) is 0 Å². The Morgan fingerprint density at radius 1 is 1.43 bits per heavy atom. The summed E-state index contributed by atoms with van der Waals surface area (Å²) >= 11 is 0. The van der Waals surface area contributed by atoms with Gasteiger partial charge in [-0.3, -0.25) is 4.79 Å². The fourth-order valence-corrected chi connectivity index (χ4v) is 1.88. The molecule has 0 saturated carbocycles. The maximum Gasteiger partial charge on any atom is 0.255 e. The minimum Gasteiger partial charge on any atom is -0.399 e. The largest absolute Gasteiger partial charge is 0.399 e. The van der Waals surface area contributed by atoms with Gasteiger partial charge in [0.05, 0.1) is 5.56 Å². The normalized spacial score (nSPS) is 10.4. The van der Waals surface area contributed by atoms with E-state index in [9.17, 15) is 4.79 Å². The molecule has 1 aromatic carbocycles. The van der Waals surface area contributed by atoms with Crippen molar-refractivity contribution in [3.63, 3.8) is 0 Å². The lowest BCUT2D eigenvalue weighted by molar-refractivity contribution is 0.0828. The molecule has 0 radical (unpaired) electrons. The number of nitrogens with two attached hydrogens (primary N) is 1. The second kappa shape index (κ2) is 6.25. The van der Waals surface area contributed by atoms with Gasteiger partial charge in [-0.25, -0.2) is 0 Å². The Morgan fingerprint density at radius 3 is 2.81 bits per heavy atom. The fraction of sp³-hybridized carbons (Fsp3) is 0.357. The molecular weight excluding hydrogens is 270 g/mol. The van der Waals surface area contributed by atoms with Crippen LogP contribution in [0.1, 0.15) is 22.1 Å². The first-order valence-electron chi connectivity index (χ1n) is 6.61. The average Bonchev–Trinajstić information content (AvgIpc) is 2.84. The maximum absolute atomic E-state index is 12.1. The molecule has 2 aromatic rings. The van der Waals surface area contributed by atoms with E-state index < -0.39 is 0 Å². The summed E-state index contributed by atoms with van der Waals surface area (Å²) in [7, 11) is 3.42. The van der Waals surface area contributed by atoms with Crippen molar-refractivity contribution >= 4 is 17.3 Å². The number of aryl methyl sites for hydroxylation is 1. The molecule has 0 bridgehead atoms. The Bertz CT molecular complexity index is 636. The molecule has 0 aliphatic rings. The first kappa shape index (κ1) is 14.8. The second-order valence-electron chi connectivity index (χ2n) is 4.92. The number of hydrogen-bond donors (Lipinski definition) is 2. The summed E-state index contributed by atoms with van der Waals surface area (Å²) in [6.45, 7) is 2.34. The van der Waals surface area contributed by atoms with Crippen LogP contribution in [0.2, 0.25) is 0 Å². The van der Waals surface area contributed by atoms with Crippen molar-refractivity contribution in [2.24, 2.45) is 0 Å². The van der Waals surface area contributed by atoms with Gasteiger partial charge >= 0.3 is 0 Å². The van der Waals surface area contributed by atoms with Crippen LogP contribution in [-0.4, -0.2) is 41.6 Å². The van der Waals surface area contributed by atoms with Gasteiger partial charge in [-0.2, -0.15) is 4.98 Å². The van der Waals surface area contributed by atoms with Crippen LogP contribution in [0.5, 0.6) is 0 Å². The van der Waals surface area contributed by atoms with Crippen LogP contribution in [0.25, 0.3) is 0 Å². The van der Waals surface area contributed by atoms with Crippen molar-refractivity contribution in [1.82, 2.24) is 15.0 Å². The standard InChI is InChI=1S/C14H19N5O2/c1-9-17-13(21-18-9)6-7-16-12-8-10(15)4-5-11(12)14(20)19(2)3/h4-5,8,16H,6-7,15H2,1-3H3. The first-order chi connectivity index (χ1) is 9.97. The lowest BCUT2D eigenvalue weighted by Crippen LogP contribution is -2.23. The number of aromatic nitrogens is 2. The van der Waals surface area contributed by atoms with Crippen LogP contribution in [-0.2, 0) is 6.42 Å². The number of nitrogen functional groups attached to an aromatic ring is 1. The van der Waals surface area contributed by atoms with Crippen LogP contribution >= 0.6 is 0 Å². The average molecular weight is 289 g/mol. The molecule has 7 nitrogen and oxygen atoms in total. The summed E-state index contributed by atoms with van der Waals surface area (Å²) in [6.07, 6.45) is 0.575. The molecule has 0 aliphatic carbocycles. The number of carbonyl (C=O) groups is 1. The molecular formula is C14H19N5O2. The molecule has 0 unspecified atom stereocenters. The van der Waals surface area contributed by atoms with Crippen LogP contribution in [0.4, 0.5) is 11.4 Å². The number of anilines is 2. The highest BCUT2D eigenvalue weighted by Gasteiger charge is 2.13. The number of hydrogen-bond acceptors (Lipinski definition) is 6. The van der Waals surface area contributed by atoms with E-state index in [0.29, 0.717) is 41.6 Å². The number of rotatable bonds is 5. The summed E-state index contributed by atoms with van der Waals surface area (Å²) in [5.41, 5.74) is 7.66. The lowest BCUT2D eigenvalue weighted by Gasteiger charge is -2.15. The van der Waals surface area contributed by atoms with E-state index in [1.165, 1.54) is 4.90 Å². The minimum absolute atomic E-state index is 0.0777. The van der Waals surface area contributed by atoms with E-state index in [1.807, 2.05) is 0 Å². The quantitative estimate of drug-likeness (QED) is 0.806. The number of carbonyl (C=O) groups excluding carboxylic acids is 1. The van der Waals surface area contributed by atoms with E-state index in [2.05, 4.69) is 15.5 Å². The third kappa shape index (κ3) is 3.71. The molecule has 0 saturated heterocycles. The molecule has 21 heavy (non-hydrogen) atoms. The molecule has 7 heteroatoms. The van der Waals surface area contributed by atoms with Crippen LogP contribution < -0.4 is 11.1 Å². The number of nitrogens with zero attached hydrogens (tertiary/aromatic N) is 3. The Kier molecular flexibility index (Phi) is 4.42. The summed E-state index contributed by atoms with van der Waals surface area (Å²) in [5.74, 6) is 1.09. The Morgan fingerprint density at radius 2 is 2.19 bits per heavy atom. The molecule has 1 aromatic heterocycles. The van der Waals surface area contributed by atoms with Gasteiger partial charge in [-0.15, -0.1) is 0 Å². The first-order valence-corrected chi connectivity index (χ1v) is 6.61. The highest BCUT2D eigenvalue weighted by atomic mass is 16.5. The Labute approximate surface area is 123 Å². The lowest BCUT2D eigenvalue weighted by atomic mass is 10.1. The monoisotopic (exact) mass is 289 g/mol. The number of nitrogens with one attached hydrogen (secondary N) is 1. The smallest absolute Gasteiger partial charge is 0.255 e. The zero-order valence-corrected chi connectivity index (χ0v) is 12.4. The Hall–Kier alpha value is -2.57. The maximum atomic E-state index is 12.1. The molecule has 0 spiro atoms. The molecule has 3 N–H and O–H groups in total. The van der Waals surface area contributed by atoms with Gasteiger partial charge in [0.15, 0.2) is 5.82 Å². The van der Waals surface area contributed by atoms with Crippen LogP contribution in [0, 0.1) is 6.92 Å². The van der Waals surface area contributed by atoms with Crippen molar-refractivity contribution < 1.29 is 9.32 Å². The molecule has 0 aliphatic heterocycles. The fourth-order valence-electron chi connectivity index (χ4n) is 1.88. The highest BCUT2D eigenvalue weighted by molar-refractivity contribution is 5.99. The molecule has 0 fully saturated rings. The second-order valence-corrected chi connectivity index (χ2v) is 4.92. The zero-order valence-electron chi connectivity index (χ0n) is 12.4. The number of amides is 1. The van der Waals surface area contributed by atoms with Gasteiger partial charge in [-0.1, -0.05) is 5.16 Å². The van der Waals surface area contributed by atoms with Crippen molar-refractivity contribution in [3.8, 4) is 0 Å². The van der Waals surface area contributed by atoms with E-state index in [1.54, 1.807) is 39.2 Å². The third-order valence-electron chi connectivity index (χ3n) is 2.90. The topological polar surface area (TPSA) is 97.3 Å². The van der Waals surface area contributed by atoms with Gasteiger partial charge < -0.3 is 20.5 Å². The molecule has 1 amide bonds. The highest BCUT2D eigenvalue weighted by Crippen LogP contribution is 2.20. The summed E-state index contributed by atoms with van der Waals surface area (Å²) in [6, 6.07) is 5.18. The van der Waals surface area contributed by atoms with Gasteiger partial charge in [0, 0.05) is 38.4 Å². The minimum atomic E-state index is -0.0777. The van der Waals surface area contributed by atoms with Crippen molar-refractivity contribution in [2.75, 3.05) is 31.7 Å². The van der Waals surface area contributed by atoms with Gasteiger partial charge in [0.2, 0.25) is 5.89 Å². The van der Waals surface area contributed by atoms with E-state index in [4.69, 9.17) is 10.3 Å². The zero-order chi connectivity index (χ0) is 15.4. The van der Waals surface area contributed by atoms with Crippen LogP contribution in [0.15, 0.2) is 22.7 Å². The summed E-state index contributed by atoms with van der Waals surface area (Å²) in [4.78, 5) is 17.8. The third-order valence-corrected chi connectivity index (χ3v) is 2.90. The Balaban J connectivity index is 2.07. The van der Waals surface area contributed by atoms with Crippen molar-refractivity contribution in [3.05, 3.63) is 35.5 Å². The molecule has 112 valence electrons.